The quantitative estimate of drug-likeness (QED) is 0.0920. The van der Waals surface area contributed by atoms with Gasteiger partial charge in [0.2, 0.25) is 5.69 Å². The molecule has 5 aromatic carbocycles. The maximum absolute atomic E-state index is 11.3. The maximum atomic E-state index is 11.3. The number of nitro groups is 1. The molecule has 41 heavy (non-hydrogen) atoms. The largest absolute Gasteiger partial charge is 0.494 e. The first-order chi connectivity index (χ1) is 20.1. The summed E-state index contributed by atoms with van der Waals surface area (Å²) < 4.78 is 12.9. The van der Waals surface area contributed by atoms with Gasteiger partial charge in [0.15, 0.2) is 17.2 Å². The van der Waals surface area contributed by atoms with E-state index in [1.807, 2.05) is 108 Å². The lowest BCUT2D eigenvalue weighted by molar-refractivity contribution is -0.544. The molecule has 0 fully saturated rings. The Kier molecular flexibility index (Phi) is 8.46. The van der Waals surface area contributed by atoms with E-state index in [0.717, 1.165) is 22.7 Å². The van der Waals surface area contributed by atoms with Crippen LogP contribution < -0.4 is 9.47 Å². The molecule has 0 amide bonds. The van der Waals surface area contributed by atoms with Gasteiger partial charge in [-0.2, -0.15) is 5.11 Å². The molecule has 9 heteroatoms. The van der Waals surface area contributed by atoms with Crippen molar-refractivity contribution >= 4 is 28.4 Å². The molecule has 1 heterocycles. The van der Waals surface area contributed by atoms with Gasteiger partial charge < -0.3 is 9.47 Å². The van der Waals surface area contributed by atoms with Crippen molar-refractivity contribution in [1.29, 1.82) is 0 Å². The third kappa shape index (κ3) is 6.66. The number of para-hydroxylation sites is 2. The molecule has 0 radical (unpaired) electrons. The normalized spacial score (nSPS) is 11.9. The van der Waals surface area contributed by atoms with Gasteiger partial charge in [0.05, 0.1) is 17.7 Å². The predicted octanol–water partition coefficient (Wildman–Crippen LogP) is 9.15. The van der Waals surface area contributed by atoms with E-state index in [-0.39, 0.29) is 5.69 Å². The first-order valence-electron chi connectivity index (χ1n) is 12.8. The van der Waals surface area contributed by atoms with Gasteiger partial charge in [-0.25, -0.2) is 0 Å². The first-order valence-corrected chi connectivity index (χ1v) is 12.8. The van der Waals surface area contributed by atoms with Crippen LogP contribution in [0.15, 0.2) is 143 Å². The Morgan fingerprint density at radius 3 is 2.15 bits per heavy atom. The number of rotatable bonds is 6. The molecule has 0 N–H and O–H groups in total. The van der Waals surface area contributed by atoms with E-state index in [1.54, 1.807) is 12.1 Å². The van der Waals surface area contributed by atoms with Gasteiger partial charge in [-0.05, 0) is 34.5 Å². The molecule has 0 atom stereocenters. The lowest BCUT2D eigenvalue weighted by Crippen LogP contribution is -2.14. The number of hydrogen-bond donors (Lipinski definition) is 0. The van der Waals surface area contributed by atoms with E-state index in [2.05, 4.69) is 15.3 Å². The second-order valence-electron chi connectivity index (χ2n) is 8.78. The second-order valence-corrected chi connectivity index (χ2v) is 8.78. The van der Waals surface area contributed by atoms with Crippen LogP contribution in [0.2, 0.25) is 0 Å². The number of non-ortho nitro benzene ring substituents is 1. The van der Waals surface area contributed by atoms with Crippen LogP contribution in [0.3, 0.4) is 0 Å². The molecular weight excluding hydrogens is 518 g/mol. The van der Waals surface area contributed by atoms with Crippen LogP contribution in [-0.4, -0.2) is 23.5 Å². The fourth-order valence-electron chi connectivity index (χ4n) is 4.12. The minimum absolute atomic E-state index is 0.0679. The van der Waals surface area contributed by atoms with Gasteiger partial charge in [0, 0.05) is 34.9 Å². The van der Waals surface area contributed by atoms with Crippen molar-refractivity contribution in [3.05, 3.63) is 138 Å². The average molecular weight is 545 g/mol. The van der Waals surface area contributed by atoms with E-state index in [9.17, 15) is 10.1 Å². The monoisotopic (exact) mass is 544 g/mol. The molecule has 5 aromatic rings. The number of nitrogens with zero attached hydrogens (tertiary/aromatic N) is 5. The summed E-state index contributed by atoms with van der Waals surface area (Å²) in [6, 6.07) is 39.1. The number of azo groups is 3. The molecule has 0 bridgehead atoms. The van der Waals surface area contributed by atoms with E-state index in [0.29, 0.717) is 29.4 Å². The summed E-state index contributed by atoms with van der Waals surface area (Å²) >= 11 is 0. The molecule has 0 aliphatic carbocycles. The van der Waals surface area contributed by atoms with E-state index in [1.165, 1.54) is 19.2 Å². The Balaban J connectivity index is 0.000000181. The number of benzene rings is 5. The number of nitro benzene ring substituents is 1. The van der Waals surface area contributed by atoms with E-state index >= 15 is 0 Å². The predicted molar refractivity (Wildman–Crippen MR) is 156 cm³/mol. The first kappa shape index (κ1) is 26.9. The van der Waals surface area contributed by atoms with Crippen molar-refractivity contribution in [3.8, 4) is 22.6 Å². The van der Waals surface area contributed by atoms with Gasteiger partial charge in [0.1, 0.15) is 5.69 Å². The molecule has 0 aromatic heterocycles. The summed E-state index contributed by atoms with van der Waals surface area (Å²) in [6.45, 7) is 0.459. The molecule has 202 valence electrons. The summed E-state index contributed by atoms with van der Waals surface area (Å²) in [4.78, 5) is 10.9. The van der Waals surface area contributed by atoms with Gasteiger partial charge in [-0.1, -0.05) is 78.9 Å². The molecule has 0 saturated carbocycles. The van der Waals surface area contributed by atoms with Crippen LogP contribution >= 0.6 is 0 Å². The lowest BCUT2D eigenvalue weighted by atomic mass is 10.0. The highest BCUT2D eigenvalue weighted by Gasteiger charge is 2.20. The zero-order valence-electron chi connectivity index (χ0n) is 22.2. The zero-order chi connectivity index (χ0) is 28.4. The molecule has 0 saturated heterocycles. The van der Waals surface area contributed by atoms with Crippen LogP contribution in [0.4, 0.5) is 28.4 Å². The van der Waals surface area contributed by atoms with Crippen LogP contribution in [0.5, 0.6) is 11.5 Å². The molecular formula is C32H26N5O4+. The van der Waals surface area contributed by atoms with Crippen LogP contribution in [0.25, 0.3) is 11.1 Å². The highest BCUT2D eigenvalue weighted by molar-refractivity contribution is 5.80. The van der Waals surface area contributed by atoms with Crippen LogP contribution in [-0.2, 0) is 0 Å². The Bertz CT molecular complexity index is 1690. The minimum Gasteiger partial charge on any atom is -0.494 e. The van der Waals surface area contributed by atoms with Gasteiger partial charge in [-0.3, -0.25) is 10.1 Å². The highest BCUT2D eigenvalue weighted by Crippen LogP contribution is 2.42. The van der Waals surface area contributed by atoms with Gasteiger partial charge >= 0.3 is 6.73 Å². The van der Waals surface area contributed by atoms with Crippen LogP contribution in [0, 0.1) is 10.1 Å². The van der Waals surface area contributed by atoms with E-state index < -0.39 is 4.92 Å². The SMILES string of the molecule is COc1c(N=Nc2ccccc2)cc([N+](=O)[O-])cc1-c1ccccc1.c1ccc([N+]2=Nc3ccccc3OC2)cc1. The minimum atomic E-state index is -0.451. The molecule has 1 aliphatic rings. The highest BCUT2D eigenvalue weighted by atomic mass is 16.6. The Morgan fingerprint density at radius 1 is 0.829 bits per heavy atom. The molecule has 6 rings (SSSR count). The molecule has 1 aliphatic heterocycles. The Hall–Kier alpha value is -5.70. The Morgan fingerprint density at radius 2 is 1.46 bits per heavy atom. The lowest BCUT2D eigenvalue weighted by Gasteiger charge is -2.11. The number of fused-ring (bicyclic) bond motifs is 1. The van der Waals surface area contributed by atoms with Crippen molar-refractivity contribution in [1.82, 2.24) is 0 Å². The second kappa shape index (κ2) is 12.9. The smallest absolute Gasteiger partial charge is 0.317 e. The zero-order valence-corrected chi connectivity index (χ0v) is 22.2. The topological polar surface area (TPSA) is 102 Å². The maximum Gasteiger partial charge on any atom is 0.317 e. The summed E-state index contributed by atoms with van der Waals surface area (Å²) in [6.07, 6.45) is 0. The number of methoxy groups -OCH3 is 1. The molecule has 9 nitrogen and oxygen atoms in total. The van der Waals surface area contributed by atoms with E-state index in [4.69, 9.17) is 9.47 Å². The van der Waals surface area contributed by atoms with Crippen molar-refractivity contribution < 1.29 is 19.1 Å². The average Bonchev–Trinajstić information content (AvgIpc) is 3.04. The molecule has 0 unspecified atom stereocenters. The Labute approximate surface area is 236 Å². The van der Waals surface area contributed by atoms with Crippen molar-refractivity contribution in [3.63, 3.8) is 0 Å². The summed E-state index contributed by atoms with van der Waals surface area (Å²) in [5.74, 6) is 1.28. The van der Waals surface area contributed by atoms with Crippen LogP contribution in [0.1, 0.15) is 0 Å². The fraction of sp³-hybridized carbons (Fsp3) is 0.0625. The summed E-state index contributed by atoms with van der Waals surface area (Å²) in [7, 11) is 1.51. The molecule has 0 spiro atoms. The number of ether oxygens (including phenoxy) is 2. The van der Waals surface area contributed by atoms with Crippen molar-refractivity contribution in [2.45, 2.75) is 0 Å². The number of hydrogen-bond acceptors (Lipinski definition) is 7. The standard InChI is InChI=1S/C19H15N3O3.C13H11N2O/c1-25-19-17(14-8-4-2-5-9-14)12-16(22(23)24)13-18(19)21-20-15-10-6-3-7-11-15;1-2-6-11(7-3-1)15-10-16-13-9-5-4-8-12(13)14-15/h2-13H,1H3;1-9H,10H2/q;+1. The van der Waals surface area contributed by atoms with Gasteiger partial charge in [0.25, 0.3) is 5.69 Å². The summed E-state index contributed by atoms with van der Waals surface area (Å²) in [5, 5.41) is 24.1. The van der Waals surface area contributed by atoms with Gasteiger partial charge in [-0.15, -0.1) is 5.11 Å². The third-order valence-corrected chi connectivity index (χ3v) is 6.07. The van der Waals surface area contributed by atoms with Crippen molar-refractivity contribution in [2.75, 3.05) is 13.8 Å². The third-order valence-electron chi connectivity index (χ3n) is 6.07. The van der Waals surface area contributed by atoms with Crippen molar-refractivity contribution in [2.24, 2.45) is 15.3 Å². The fourth-order valence-corrected chi connectivity index (χ4v) is 4.12. The summed E-state index contributed by atoms with van der Waals surface area (Å²) in [5.41, 5.74) is 4.20.